The highest BCUT2D eigenvalue weighted by atomic mass is 32.1. The maximum Gasteiger partial charge on any atom is 0.335 e. The molecule has 0 radical (unpaired) electrons. The van der Waals surface area contributed by atoms with Gasteiger partial charge in [-0.1, -0.05) is 6.07 Å². The maximum atomic E-state index is 12.1. The Hall–Kier alpha value is -3.27. The van der Waals surface area contributed by atoms with Crippen molar-refractivity contribution in [2.45, 2.75) is 13.8 Å². The fraction of sp³-hybridized carbons (Fsp3) is 0.133. The van der Waals surface area contributed by atoms with Crippen molar-refractivity contribution >= 4 is 30.0 Å². The highest BCUT2D eigenvalue weighted by Crippen LogP contribution is 2.18. The molecule has 25 heavy (non-hydrogen) atoms. The quantitative estimate of drug-likeness (QED) is 0.258. The minimum atomic E-state index is -0.822. The fourth-order valence-electron chi connectivity index (χ4n) is 2.01. The maximum absolute atomic E-state index is 12.1. The molecule has 0 aliphatic rings. The first-order chi connectivity index (χ1) is 11.8. The van der Waals surface area contributed by atoms with Crippen molar-refractivity contribution in [2.75, 3.05) is 0 Å². The first kappa shape index (κ1) is 18.1. The predicted octanol–water partition coefficient (Wildman–Crippen LogP) is -0.197. The van der Waals surface area contributed by atoms with E-state index in [9.17, 15) is 19.5 Å². The van der Waals surface area contributed by atoms with E-state index in [1.165, 1.54) is 0 Å². The Morgan fingerprint density at radius 3 is 2.68 bits per heavy atom. The van der Waals surface area contributed by atoms with E-state index >= 15 is 0 Å². The van der Waals surface area contributed by atoms with Crippen LogP contribution in [0.15, 0.2) is 32.8 Å². The van der Waals surface area contributed by atoms with E-state index in [0.717, 1.165) is 21.9 Å². The number of thiocarbonyl (C=S) groups is 1. The lowest BCUT2D eigenvalue weighted by molar-refractivity contribution is -0.110. The minimum Gasteiger partial charge on any atom is -0.493 e. The molecule has 0 unspecified atom stereocenters. The van der Waals surface area contributed by atoms with Crippen molar-refractivity contribution < 1.29 is 9.90 Å². The SMILES string of the molecule is Cc1ccc(-n2c(O)c(C=NC(=S)NNC=O)c(=O)[nH]c2=O)cc1C. The number of carbonyl (C=O) groups is 1. The van der Waals surface area contributed by atoms with Crippen LogP contribution in [0.4, 0.5) is 0 Å². The minimum absolute atomic E-state index is 0.144. The summed E-state index contributed by atoms with van der Waals surface area (Å²) in [5, 5.41) is 10.2. The Kier molecular flexibility index (Phi) is 5.45. The second-order valence-corrected chi connectivity index (χ2v) is 5.44. The number of aliphatic imine (C=N–C) groups is 1. The van der Waals surface area contributed by atoms with Crippen LogP contribution in [0.1, 0.15) is 16.7 Å². The van der Waals surface area contributed by atoms with Crippen LogP contribution in [-0.4, -0.2) is 32.4 Å². The number of aromatic amines is 1. The lowest BCUT2D eigenvalue weighted by Gasteiger charge is -2.11. The van der Waals surface area contributed by atoms with Crippen molar-refractivity contribution in [1.29, 1.82) is 0 Å². The van der Waals surface area contributed by atoms with Gasteiger partial charge in [-0.2, -0.15) is 0 Å². The molecule has 9 nitrogen and oxygen atoms in total. The number of carbonyl (C=O) groups excluding carboxylic acids is 1. The molecule has 0 spiro atoms. The van der Waals surface area contributed by atoms with Gasteiger partial charge in [-0.3, -0.25) is 25.4 Å². The monoisotopic (exact) mass is 361 g/mol. The van der Waals surface area contributed by atoms with Crippen molar-refractivity contribution in [3.63, 3.8) is 0 Å². The zero-order valence-corrected chi connectivity index (χ0v) is 14.2. The molecule has 0 aliphatic carbocycles. The average molecular weight is 361 g/mol. The first-order valence-electron chi connectivity index (χ1n) is 7.04. The van der Waals surface area contributed by atoms with E-state index < -0.39 is 17.1 Å². The van der Waals surface area contributed by atoms with Crippen molar-refractivity contribution in [2.24, 2.45) is 4.99 Å². The summed E-state index contributed by atoms with van der Waals surface area (Å²) in [5.74, 6) is -0.577. The number of hydrogen-bond donors (Lipinski definition) is 4. The number of nitrogens with zero attached hydrogens (tertiary/aromatic N) is 2. The number of aromatic nitrogens is 2. The Bertz CT molecular complexity index is 977. The number of hydrazine groups is 1. The molecule has 1 heterocycles. The van der Waals surface area contributed by atoms with Gasteiger partial charge in [0.2, 0.25) is 17.4 Å². The Balaban J connectivity index is 2.53. The van der Waals surface area contributed by atoms with Crippen LogP contribution in [-0.2, 0) is 4.79 Å². The summed E-state index contributed by atoms with van der Waals surface area (Å²) in [6.45, 7) is 3.77. The highest BCUT2D eigenvalue weighted by molar-refractivity contribution is 7.80. The molecule has 0 bridgehead atoms. The molecule has 2 rings (SSSR count). The Morgan fingerprint density at radius 2 is 2.04 bits per heavy atom. The number of H-pyrrole nitrogens is 1. The van der Waals surface area contributed by atoms with Gasteiger partial charge < -0.3 is 5.11 Å². The standard InChI is InChI=1S/C15H15N5O4S/c1-8-3-4-10(5-9(8)2)20-13(23)11(12(22)18-15(20)24)6-16-14(25)19-17-7-21/h3-7,23H,1-2H3,(H,17,21)(H,19,25)(H,18,22,24). The van der Waals surface area contributed by atoms with Crippen LogP contribution in [0.2, 0.25) is 0 Å². The number of aromatic hydroxyl groups is 1. The number of amides is 1. The molecule has 0 fully saturated rings. The first-order valence-corrected chi connectivity index (χ1v) is 7.45. The van der Waals surface area contributed by atoms with Crippen LogP contribution in [0.25, 0.3) is 5.69 Å². The number of rotatable bonds is 4. The predicted molar refractivity (Wildman–Crippen MR) is 96.3 cm³/mol. The Morgan fingerprint density at radius 1 is 1.32 bits per heavy atom. The van der Waals surface area contributed by atoms with Crippen LogP contribution >= 0.6 is 12.2 Å². The second-order valence-electron chi connectivity index (χ2n) is 5.05. The van der Waals surface area contributed by atoms with Crippen molar-refractivity contribution in [3.8, 4) is 11.6 Å². The van der Waals surface area contributed by atoms with E-state index in [0.29, 0.717) is 12.1 Å². The van der Waals surface area contributed by atoms with Crippen molar-refractivity contribution in [3.05, 3.63) is 55.7 Å². The van der Waals surface area contributed by atoms with E-state index in [-0.39, 0.29) is 10.7 Å². The van der Waals surface area contributed by atoms with Gasteiger partial charge >= 0.3 is 5.69 Å². The zero-order valence-electron chi connectivity index (χ0n) is 13.4. The molecule has 0 saturated heterocycles. The zero-order chi connectivity index (χ0) is 18.6. The van der Waals surface area contributed by atoms with E-state index in [1.54, 1.807) is 18.2 Å². The van der Waals surface area contributed by atoms with Crippen LogP contribution in [0.3, 0.4) is 0 Å². The highest BCUT2D eigenvalue weighted by Gasteiger charge is 2.14. The van der Waals surface area contributed by atoms with Gasteiger partial charge in [0.15, 0.2) is 0 Å². The number of aryl methyl sites for hydroxylation is 2. The van der Waals surface area contributed by atoms with Gasteiger partial charge in [0, 0.05) is 6.21 Å². The number of benzene rings is 1. The third-order valence-corrected chi connectivity index (χ3v) is 3.63. The largest absolute Gasteiger partial charge is 0.493 e. The van der Waals surface area contributed by atoms with Crippen LogP contribution < -0.4 is 22.1 Å². The fourth-order valence-corrected chi connectivity index (χ4v) is 2.12. The Labute approximate surface area is 147 Å². The van der Waals surface area contributed by atoms with Gasteiger partial charge in [-0.15, -0.1) is 0 Å². The molecule has 10 heteroatoms. The summed E-state index contributed by atoms with van der Waals surface area (Å²) >= 11 is 4.80. The lowest BCUT2D eigenvalue weighted by Crippen LogP contribution is -2.34. The summed E-state index contributed by atoms with van der Waals surface area (Å²) < 4.78 is 0.954. The van der Waals surface area contributed by atoms with E-state index in [1.807, 2.05) is 13.8 Å². The van der Waals surface area contributed by atoms with Gasteiger partial charge in [0.05, 0.1) is 5.69 Å². The number of hydrogen-bond acceptors (Lipinski definition) is 5. The van der Waals surface area contributed by atoms with Gasteiger partial charge in [0.25, 0.3) is 5.56 Å². The topological polar surface area (TPSA) is 129 Å². The number of nitrogens with one attached hydrogen (secondary N) is 3. The summed E-state index contributed by atoms with van der Waals surface area (Å²) in [6, 6.07) is 5.14. The van der Waals surface area contributed by atoms with E-state index in [2.05, 4.69) is 20.8 Å². The van der Waals surface area contributed by atoms with Crippen LogP contribution in [0.5, 0.6) is 5.88 Å². The molecule has 2 aromatic rings. The van der Waals surface area contributed by atoms with E-state index in [4.69, 9.17) is 12.2 Å². The third kappa shape index (κ3) is 3.98. The molecule has 0 atom stereocenters. The summed E-state index contributed by atoms with van der Waals surface area (Å²) in [4.78, 5) is 40.0. The van der Waals surface area contributed by atoms with Gasteiger partial charge in [-0.05, 0) is 49.3 Å². The summed E-state index contributed by atoms with van der Waals surface area (Å²) in [7, 11) is 0. The molecule has 1 amide bonds. The van der Waals surface area contributed by atoms with Gasteiger partial charge in [-0.25, -0.2) is 14.4 Å². The molecule has 4 N–H and O–H groups in total. The summed E-state index contributed by atoms with van der Waals surface area (Å²) in [6.07, 6.45) is 1.35. The molecule has 1 aromatic carbocycles. The molecule has 1 aromatic heterocycles. The molecule has 130 valence electrons. The normalized spacial score (nSPS) is 10.6. The summed E-state index contributed by atoms with van der Waals surface area (Å²) in [5.41, 5.74) is 4.80. The average Bonchev–Trinajstić information content (AvgIpc) is 2.55. The third-order valence-electron chi connectivity index (χ3n) is 3.42. The second kappa shape index (κ2) is 7.53. The van der Waals surface area contributed by atoms with Gasteiger partial charge in [0.1, 0.15) is 5.56 Å². The lowest BCUT2D eigenvalue weighted by atomic mass is 10.1. The molecule has 0 aliphatic heterocycles. The smallest absolute Gasteiger partial charge is 0.335 e. The molecular weight excluding hydrogens is 346 g/mol. The van der Waals surface area contributed by atoms with Crippen LogP contribution in [0, 0.1) is 13.8 Å². The molecule has 0 saturated carbocycles. The molecular formula is C15H15N5O4S. The van der Waals surface area contributed by atoms with Crippen molar-refractivity contribution in [1.82, 2.24) is 20.4 Å².